The van der Waals surface area contributed by atoms with E-state index in [1.165, 1.54) is 5.56 Å². The van der Waals surface area contributed by atoms with Gasteiger partial charge in [0.15, 0.2) is 0 Å². The van der Waals surface area contributed by atoms with Gasteiger partial charge in [0.2, 0.25) is 0 Å². The van der Waals surface area contributed by atoms with E-state index < -0.39 is 5.60 Å². The summed E-state index contributed by atoms with van der Waals surface area (Å²) in [4.78, 5) is 2.39. The van der Waals surface area contributed by atoms with Crippen LogP contribution in [0.15, 0.2) is 30.3 Å². The predicted molar refractivity (Wildman–Crippen MR) is 82.9 cm³/mol. The lowest BCUT2D eigenvalue weighted by Gasteiger charge is -2.40. The van der Waals surface area contributed by atoms with Crippen LogP contribution in [-0.2, 0) is 0 Å². The van der Waals surface area contributed by atoms with Crippen LogP contribution in [0.3, 0.4) is 0 Å². The fourth-order valence-corrected chi connectivity index (χ4v) is 2.52. The normalized spacial score (nSPS) is 27.9. The van der Waals surface area contributed by atoms with Crippen LogP contribution < -0.4 is 4.74 Å². The number of hydrogen-bond acceptors (Lipinski definition) is 3. The van der Waals surface area contributed by atoms with E-state index in [1.807, 2.05) is 19.1 Å². The highest BCUT2D eigenvalue weighted by atomic mass is 16.5. The van der Waals surface area contributed by atoms with E-state index in [0.717, 1.165) is 31.8 Å². The van der Waals surface area contributed by atoms with Gasteiger partial charge in [0.1, 0.15) is 5.75 Å². The molecule has 1 heterocycles. The number of nitrogens with zero attached hydrogens (tertiary/aromatic N) is 1. The molecule has 1 aliphatic heterocycles. The van der Waals surface area contributed by atoms with Gasteiger partial charge in [0.25, 0.3) is 0 Å². The minimum atomic E-state index is -0.504. The van der Waals surface area contributed by atoms with Crippen LogP contribution >= 0.6 is 0 Å². The van der Waals surface area contributed by atoms with Gasteiger partial charge in [0.05, 0.1) is 12.7 Å². The standard InChI is InChI=1S/C17H25NO2/c1-14-13-18(12-10-17(14,2)19)11-4-5-15-6-8-16(20-3)9-7-15/h4-9,14,19H,10-13H2,1-3H3/t14-,17+/m1/s1. The molecule has 0 spiro atoms. The van der Waals surface area contributed by atoms with Gasteiger partial charge in [-0.2, -0.15) is 0 Å². The summed E-state index contributed by atoms with van der Waals surface area (Å²) in [5.74, 6) is 1.21. The maximum atomic E-state index is 10.2. The van der Waals surface area contributed by atoms with Crippen LogP contribution in [0.4, 0.5) is 0 Å². The van der Waals surface area contributed by atoms with Crippen molar-refractivity contribution in [2.45, 2.75) is 25.9 Å². The van der Waals surface area contributed by atoms with Gasteiger partial charge in [-0.15, -0.1) is 0 Å². The van der Waals surface area contributed by atoms with Crippen LogP contribution in [0.2, 0.25) is 0 Å². The summed E-state index contributed by atoms with van der Waals surface area (Å²) in [5, 5.41) is 10.2. The molecule has 0 radical (unpaired) electrons. The third kappa shape index (κ3) is 3.84. The second-order valence-electron chi connectivity index (χ2n) is 5.94. The summed E-state index contributed by atoms with van der Waals surface area (Å²) in [5.41, 5.74) is 0.679. The monoisotopic (exact) mass is 275 g/mol. The van der Waals surface area contributed by atoms with E-state index in [9.17, 15) is 5.11 Å². The van der Waals surface area contributed by atoms with E-state index in [-0.39, 0.29) is 0 Å². The predicted octanol–water partition coefficient (Wildman–Crippen LogP) is 2.80. The fourth-order valence-electron chi connectivity index (χ4n) is 2.52. The first-order chi connectivity index (χ1) is 9.51. The molecule has 0 aliphatic carbocycles. The molecule has 1 fully saturated rings. The zero-order chi connectivity index (χ0) is 14.6. The smallest absolute Gasteiger partial charge is 0.118 e. The van der Waals surface area contributed by atoms with Crippen molar-refractivity contribution in [1.82, 2.24) is 4.90 Å². The Morgan fingerprint density at radius 1 is 1.40 bits per heavy atom. The van der Waals surface area contributed by atoms with Crippen molar-refractivity contribution in [1.29, 1.82) is 0 Å². The van der Waals surface area contributed by atoms with Crippen molar-refractivity contribution in [2.75, 3.05) is 26.7 Å². The molecule has 1 saturated heterocycles. The lowest BCUT2D eigenvalue weighted by atomic mass is 9.84. The third-order valence-electron chi connectivity index (χ3n) is 4.32. The van der Waals surface area contributed by atoms with E-state index in [1.54, 1.807) is 7.11 Å². The van der Waals surface area contributed by atoms with Crippen molar-refractivity contribution < 1.29 is 9.84 Å². The fraction of sp³-hybridized carbons (Fsp3) is 0.529. The van der Waals surface area contributed by atoms with Crippen LogP contribution in [0.1, 0.15) is 25.8 Å². The molecule has 0 unspecified atom stereocenters. The zero-order valence-corrected chi connectivity index (χ0v) is 12.7. The van der Waals surface area contributed by atoms with Crippen LogP contribution in [0.5, 0.6) is 5.75 Å². The SMILES string of the molecule is COc1ccc(C=CCN2CC[C@](C)(O)[C@H](C)C2)cc1. The first-order valence-electron chi connectivity index (χ1n) is 7.26. The van der Waals surface area contributed by atoms with Crippen LogP contribution in [0, 0.1) is 5.92 Å². The van der Waals surface area contributed by atoms with Crippen molar-refractivity contribution >= 4 is 6.08 Å². The van der Waals surface area contributed by atoms with Crippen LogP contribution in [-0.4, -0.2) is 42.4 Å². The molecule has 110 valence electrons. The first kappa shape index (κ1) is 15.1. The van der Waals surface area contributed by atoms with Gasteiger partial charge in [0, 0.05) is 19.6 Å². The molecule has 20 heavy (non-hydrogen) atoms. The largest absolute Gasteiger partial charge is 0.497 e. The summed E-state index contributed by atoms with van der Waals surface area (Å²) in [6.07, 6.45) is 5.18. The lowest BCUT2D eigenvalue weighted by molar-refractivity contribution is -0.0479. The highest BCUT2D eigenvalue weighted by Gasteiger charge is 2.33. The molecule has 0 aromatic heterocycles. The second-order valence-corrected chi connectivity index (χ2v) is 5.94. The molecule has 2 rings (SSSR count). The molecule has 1 N–H and O–H groups in total. The van der Waals surface area contributed by atoms with E-state index >= 15 is 0 Å². The summed E-state index contributed by atoms with van der Waals surface area (Å²) in [7, 11) is 1.68. The minimum Gasteiger partial charge on any atom is -0.497 e. The van der Waals surface area contributed by atoms with Crippen LogP contribution in [0.25, 0.3) is 6.08 Å². The number of ether oxygens (including phenoxy) is 1. The maximum Gasteiger partial charge on any atom is 0.118 e. The summed E-state index contributed by atoms with van der Waals surface area (Å²) in [6, 6.07) is 8.05. The average molecular weight is 275 g/mol. The average Bonchev–Trinajstić information content (AvgIpc) is 2.44. The van der Waals surface area contributed by atoms with Crippen molar-refractivity contribution in [2.24, 2.45) is 5.92 Å². The molecule has 3 heteroatoms. The maximum absolute atomic E-state index is 10.2. The molecule has 0 saturated carbocycles. The molecule has 1 aliphatic rings. The number of benzene rings is 1. The Hall–Kier alpha value is -1.32. The lowest BCUT2D eigenvalue weighted by Crippen LogP contribution is -2.48. The Morgan fingerprint density at radius 3 is 2.70 bits per heavy atom. The Morgan fingerprint density at radius 2 is 2.10 bits per heavy atom. The van der Waals surface area contributed by atoms with Crippen molar-refractivity contribution in [3.63, 3.8) is 0 Å². The number of methoxy groups -OCH3 is 1. The highest BCUT2D eigenvalue weighted by molar-refractivity contribution is 5.50. The number of likely N-dealkylation sites (tertiary alicyclic amines) is 1. The molecule has 1 aromatic carbocycles. The Bertz CT molecular complexity index is 451. The third-order valence-corrected chi connectivity index (χ3v) is 4.32. The van der Waals surface area contributed by atoms with Gasteiger partial charge in [-0.25, -0.2) is 0 Å². The van der Waals surface area contributed by atoms with Gasteiger partial charge >= 0.3 is 0 Å². The van der Waals surface area contributed by atoms with Gasteiger partial charge in [-0.3, -0.25) is 4.90 Å². The minimum absolute atomic E-state index is 0.325. The summed E-state index contributed by atoms with van der Waals surface area (Å²) >= 11 is 0. The quantitative estimate of drug-likeness (QED) is 0.917. The number of aliphatic hydroxyl groups is 1. The van der Waals surface area contributed by atoms with Crippen molar-refractivity contribution in [3.8, 4) is 5.75 Å². The topological polar surface area (TPSA) is 32.7 Å². The summed E-state index contributed by atoms with van der Waals surface area (Å²) < 4.78 is 5.14. The zero-order valence-electron chi connectivity index (χ0n) is 12.7. The Balaban J connectivity index is 1.84. The molecule has 2 atom stereocenters. The summed E-state index contributed by atoms with van der Waals surface area (Å²) in [6.45, 7) is 6.93. The van der Waals surface area contributed by atoms with Gasteiger partial charge in [-0.1, -0.05) is 31.2 Å². The molecule has 0 bridgehead atoms. The molecular formula is C17H25NO2. The Labute approximate surface area is 121 Å². The van der Waals surface area contributed by atoms with Gasteiger partial charge < -0.3 is 9.84 Å². The Kier molecular flexibility index (Phi) is 4.84. The van der Waals surface area contributed by atoms with E-state index in [0.29, 0.717) is 5.92 Å². The molecule has 0 amide bonds. The molecule has 3 nitrogen and oxygen atoms in total. The number of rotatable bonds is 4. The highest BCUT2D eigenvalue weighted by Crippen LogP contribution is 2.26. The number of piperidine rings is 1. The number of hydrogen-bond donors (Lipinski definition) is 1. The first-order valence-corrected chi connectivity index (χ1v) is 7.26. The van der Waals surface area contributed by atoms with E-state index in [2.05, 4.69) is 36.1 Å². The van der Waals surface area contributed by atoms with Crippen molar-refractivity contribution in [3.05, 3.63) is 35.9 Å². The second kappa shape index (κ2) is 6.42. The molecule has 1 aromatic rings. The molecular weight excluding hydrogens is 250 g/mol. The van der Waals surface area contributed by atoms with E-state index in [4.69, 9.17) is 4.74 Å². The van der Waals surface area contributed by atoms with Gasteiger partial charge in [-0.05, 0) is 37.0 Å².